The van der Waals surface area contributed by atoms with Crippen LogP contribution in [-0.4, -0.2) is 5.11 Å². The second-order valence-electron chi connectivity index (χ2n) is 2.89. The maximum absolute atomic E-state index is 12.3. The van der Waals surface area contributed by atoms with Crippen molar-refractivity contribution in [1.29, 1.82) is 0 Å². The average molecular weight is 202 g/mol. The Balaban J connectivity index is 3.14. The van der Waals surface area contributed by atoms with Crippen LogP contribution < -0.4 is 0 Å². The van der Waals surface area contributed by atoms with Gasteiger partial charge < -0.3 is 5.11 Å². The van der Waals surface area contributed by atoms with Gasteiger partial charge in [0.2, 0.25) is 0 Å². The molecule has 1 N–H and O–H groups in total. The van der Waals surface area contributed by atoms with E-state index in [0.29, 0.717) is 11.1 Å². The van der Waals surface area contributed by atoms with Crippen molar-refractivity contribution < 1.29 is 18.3 Å². The zero-order valence-electron chi connectivity index (χ0n) is 7.47. The minimum Gasteiger partial charge on any atom is -0.515 e. The summed E-state index contributed by atoms with van der Waals surface area (Å²) in [5.41, 5.74) is 0.0506. The van der Waals surface area contributed by atoms with Gasteiger partial charge in [0, 0.05) is 0 Å². The number of halogens is 3. The predicted octanol–water partition coefficient (Wildman–Crippen LogP) is 3.62. The quantitative estimate of drug-likeness (QED) is 0.689. The minimum absolute atomic E-state index is 0.363. The molecule has 1 aromatic carbocycles. The van der Waals surface area contributed by atoms with Crippen LogP contribution in [0, 0.1) is 0 Å². The number of hydrogen-bond donors (Lipinski definition) is 1. The van der Waals surface area contributed by atoms with Gasteiger partial charge >= 0.3 is 6.18 Å². The van der Waals surface area contributed by atoms with Crippen LogP contribution in [0.15, 0.2) is 30.5 Å². The maximum Gasteiger partial charge on any atom is 0.416 e. The average Bonchev–Trinajstić information content (AvgIpc) is 2.15. The Bertz CT molecular complexity index is 353. The van der Waals surface area contributed by atoms with Gasteiger partial charge in [-0.25, -0.2) is 0 Å². The maximum atomic E-state index is 12.3. The van der Waals surface area contributed by atoms with E-state index < -0.39 is 11.7 Å². The van der Waals surface area contributed by atoms with E-state index in [-0.39, 0.29) is 0 Å². The van der Waals surface area contributed by atoms with Gasteiger partial charge in [0.25, 0.3) is 0 Å². The highest BCUT2D eigenvalue weighted by Crippen LogP contribution is 2.30. The lowest BCUT2D eigenvalue weighted by molar-refractivity contribution is -0.137. The van der Waals surface area contributed by atoms with Gasteiger partial charge in [-0.3, -0.25) is 0 Å². The van der Waals surface area contributed by atoms with Crippen molar-refractivity contribution in [3.05, 3.63) is 41.7 Å². The molecule has 0 saturated carbocycles. The highest BCUT2D eigenvalue weighted by molar-refractivity contribution is 5.63. The molecule has 1 nitrogen and oxygen atoms in total. The normalized spacial score (nSPS) is 13.0. The first-order chi connectivity index (χ1) is 6.45. The fraction of sp³-hybridized carbons (Fsp3) is 0.200. The molecule has 0 aromatic heterocycles. The number of rotatable bonds is 1. The molecule has 1 rings (SSSR count). The highest BCUT2D eigenvalue weighted by atomic mass is 19.4. The van der Waals surface area contributed by atoms with Crippen LogP contribution in [0.5, 0.6) is 0 Å². The number of aliphatic hydroxyl groups is 1. The van der Waals surface area contributed by atoms with Crippen molar-refractivity contribution >= 4 is 5.57 Å². The molecular formula is C10H9F3O. The summed E-state index contributed by atoms with van der Waals surface area (Å²) in [5.74, 6) is 0. The summed E-state index contributed by atoms with van der Waals surface area (Å²) in [6, 6.07) is 4.82. The van der Waals surface area contributed by atoms with Gasteiger partial charge in [0.1, 0.15) is 0 Å². The summed E-state index contributed by atoms with van der Waals surface area (Å²) in [5, 5.41) is 8.64. The molecule has 4 heteroatoms. The topological polar surface area (TPSA) is 20.2 Å². The Kier molecular flexibility index (Phi) is 2.84. The van der Waals surface area contributed by atoms with Crippen molar-refractivity contribution in [2.24, 2.45) is 0 Å². The number of benzene rings is 1. The molecule has 0 unspecified atom stereocenters. The van der Waals surface area contributed by atoms with Crippen molar-refractivity contribution in [2.45, 2.75) is 13.1 Å². The summed E-state index contributed by atoms with van der Waals surface area (Å²) in [7, 11) is 0. The molecule has 76 valence electrons. The monoisotopic (exact) mass is 202 g/mol. The van der Waals surface area contributed by atoms with Gasteiger partial charge in [-0.05, 0) is 30.2 Å². The van der Waals surface area contributed by atoms with Crippen LogP contribution in [0.3, 0.4) is 0 Å². The lowest BCUT2D eigenvalue weighted by Gasteiger charge is -2.08. The van der Waals surface area contributed by atoms with Crippen LogP contribution in [-0.2, 0) is 6.18 Å². The Morgan fingerprint density at radius 1 is 1.36 bits per heavy atom. The molecule has 0 saturated heterocycles. The highest BCUT2D eigenvalue weighted by Gasteiger charge is 2.30. The first kappa shape index (κ1) is 10.6. The van der Waals surface area contributed by atoms with Gasteiger partial charge in [-0.2, -0.15) is 13.2 Å². The molecule has 1 aromatic rings. The van der Waals surface area contributed by atoms with Gasteiger partial charge in [0.15, 0.2) is 0 Å². The van der Waals surface area contributed by atoms with Crippen molar-refractivity contribution in [3.63, 3.8) is 0 Å². The van der Waals surface area contributed by atoms with E-state index in [1.165, 1.54) is 19.1 Å². The van der Waals surface area contributed by atoms with Gasteiger partial charge in [-0.15, -0.1) is 0 Å². The van der Waals surface area contributed by atoms with E-state index >= 15 is 0 Å². The smallest absolute Gasteiger partial charge is 0.416 e. The zero-order valence-corrected chi connectivity index (χ0v) is 7.47. The first-order valence-corrected chi connectivity index (χ1v) is 3.94. The second-order valence-corrected chi connectivity index (χ2v) is 2.89. The molecule has 0 aliphatic rings. The van der Waals surface area contributed by atoms with Crippen molar-refractivity contribution in [3.8, 4) is 0 Å². The fourth-order valence-electron chi connectivity index (χ4n) is 1.02. The van der Waals surface area contributed by atoms with E-state index in [9.17, 15) is 13.2 Å². The second kappa shape index (κ2) is 3.74. The molecule has 0 atom stereocenters. The van der Waals surface area contributed by atoms with Crippen LogP contribution >= 0.6 is 0 Å². The molecule has 0 aliphatic carbocycles. The number of allylic oxidation sites excluding steroid dienone is 1. The third-order valence-electron chi connectivity index (χ3n) is 1.84. The van der Waals surface area contributed by atoms with E-state index in [0.717, 1.165) is 18.4 Å². The standard InChI is InChI=1S/C10H9F3O/c1-7(6-14)8-3-2-4-9(5-8)10(11,12)13/h2-6,14H,1H3/b7-6+. The minimum atomic E-state index is -4.34. The number of alkyl halides is 3. The predicted molar refractivity (Wildman–Crippen MR) is 47.7 cm³/mol. The van der Waals surface area contributed by atoms with Crippen LogP contribution in [0.2, 0.25) is 0 Å². The summed E-state index contributed by atoms with van der Waals surface area (Å²) in [4.78, 5) is 0. The first-order valence-electron chi connectivity index (χ1n) is 3.94. The molecule has 0 spiro atoms. The molecule has 0 bridgehead atoms. The molecular weight excluding hydrogens is 193 g/mol. The third-order valence-corrected chi connectivity index (χ3v) is 1.84. The third kappa shape index (κ3) is 2.28. The lowest BCUT2D eigenvalue weighted by Crippen LogP contribution is -2.04. The van der Waals surface area contributed by atoms with Crippen molar-refractivity contribution in [1.82, 2.24) is 0 Å². The largest absolute Gasteiger partial charge is 0.515 e. The molecule has 14 heavy (non-hydrogen) atoms. The Hall–Kier alpha value is -1.45. The van der Waals surface area contributed by atoms with Crippen LogP contribution in [0.4, 0.5) is 13.2 Å². The summed E-state index contributed by atoms with van der Waals surface area (Å²) in [6.45, 7) is 1.54. The van der Waals surface area contributed by atoms with Gasteiger partial charge in [0.05, 0.1) is 11.8 Å². The Morgan fingerprint density at radius 3 is 2.50 bits per heavy atom. The molecule has 0 radical (unpaired) electrons. The van der Waals surface area contributed by atoms with Crippen LogP contribution in [0.1, 0.15) is 18.1 Å². The molecule has 0 amide bonds. The summed E-state index contributed by atoms with van der Waals surface area (Å²) < 4.78 is 36.8. The number of aliphatic hydroxyl groups excluding tert-OH is 1. The molecule has 0 aliphatic heterocycles. The number of hydrogen-bond acceptors (Lipinski definition) is 1. The van der Waals surface area contributed by atoms with Crippen molar-refractivity contribution in [2.75, 3.05) is 0 Å². The SMILES string of the molecule is C/C(=C\O)c1cccc(C(F)(F)F)c1. The van der Waals surface area contributed by atoms with Crippen LogP contribution in [0.25, 0.3) is 5.57 Å². The fourth-order valence-corrected chi connectivity index (χ4v) is 1.02. The van der Waals surface area contributed by atoms with E-state index in [4.69, 9.17) is 5.11 Å². The molecule has 0 heterocycles. The molecule has 0 fully saturated rings. The van der Waals surface area contributed by atoms with E-state index in [1.54, 1.807) is 0 Å². The Labute approximate surface area is 79.5 Å². The van der Waals surface area contributed by atoms with E-state index in [2.05, 4.69) is 0 Å². The Morgan fingerprint density at radius 2 is 2.00 bits per heavy atom. The van der Waals surface area contributed by atoms with E-state index in [1.807, 2.05) is 0 Å². The summed E-state index contributed by atoms with van der Waals surface area (Å²) >= 11 is 0. The zero-order chi connectivity index (χ0) is 10.8. The van der Waals surface area contributed by atoms with Gasteiger partial charge in [-0.1, -0.05) is 12.1 Å². The summed E-state index contributed by atoms with van der Waals surface area (Å²) in [6.07, 6.45) is -3.55. The lowest BCUT2D eigenvalue weighted by atomic mass is 10.1.